The van der Waals surface area contributed by atoms with Gasteiger partial charge < -0.3 is 11.1 Å². The molecule has 0 radical (unpaired) electrons. The third-order valence-electron chi connectivity index (χ3n) is 2.37. The van der Waals surface area contributed by atoms with E-state index in [0.717, 1.165) is 6.54 Å². The molecule has 0 spiro atoms. The summed E-state index contributed by atoms with van der Waals surface area (Å²) >= 11 is 0. The van der Waals surface area contributed by atoms with Crippen molar-refractivity contribution in [3.63, 3.8) is 0 Å². The minimum atomic E-state index is 0. The number of rotatable bonds is 2. The highest BCUT2D eigenvalue weighted by Gasteiger charge is 2.16. The number of nitrogens with two attached hydrogens (primary N) is 1. The van der Waals surface area contributed by atoms with E-state index in [1.807, 2.05) is 12.4 Å². The van der Waals surface area contributed by atoms with Crippen molar-refractivity contribution in [1.29, 1.82) is 0 Å². The number of hydrogen-bond acceptors (Lipinski definition) is 4. The number of nitrogens with zero attached hydrogens (tertiary/aromatic N) is 2. The zero-order chi connectivity index (χ0) is 9.10. The molecule has 4 nitrogen and oxygen atoms in total. The minimum absolute atomic E-state index is 0. The van der Waals surface area contributed by atoms with Crippen LogP contribution in [-0.2, 0) is 6.54 Å². The van der Waals surface area contributed by atoms with E-state index in [1.54, 1.807) is 0 Å². The normalized spacial score (nSPS) is 20.5. The summed E-state index contributed by atoms with van der Waals surface area (Å²) in [7, 11) is 0. The molecule has 2 heterocycles. The molecule has 14 heavy (non-hydrogen) atoms. The molecule has 1 aromatic rings. The van der Waals surface area contributed by atoms with Gasteiger partial charge in [0.25, 0.3) is 0 Å². The maximum absolute atomic E-state index is 5.41. The lowest BCUT2D eigenvalue weighted by Gasteiger charge is -2.09. The largest absolute Gasteiger partial charge is 0.324 e. The Labute approximate surface area is 89.7 Å². The molecule has 1 atom stereocenters. The first-order chi connectivity index (χ1) is 6.40. The number of hydrogen-bond donors (Lipinski definition) is 2. The Morgan fingerprint density at radius 1 is 1.43 bits per heavy atom. The van der Waals surface area contributed by atoms with Crippen LogP contribution in [0.4, 0.5) is 0 Å². The van der Waals surface area contributed by atoms with Gasteiger partial charge in [0.1, 0.15) is 5.82 Å². The fourth-order valence-corrected chi connectivity index (χ4v) is 1.62. The molecular weight excluding hydrogens is 200 g/mol. The van der Waals surface area contributed by atoms with Crippen LogP contribution >= 0.6 is 12.4 Å². The SMILES string of the molecule is Cl.NCc1ncc(C2CCCN2)cn1. The molecule has 3 N–H and O–H groups in total. The van der Waals surface area contributed by atoms with Crippen molar-refractivity contribution < 1.29 is 0 Å². The van der Waals surface area contributed by atoms with Crippen LogP contribution in [-0.4, -0.2) is 16.5 Å². The van der Waals surface area contributed by atoms with Crippen molar-refractivity contribution in [2.24, 2.45) is 5.73 Å². The van der Waals surface area contributed by atoms with E-state index in [4.69, 9.17) is 5.73 Å². The summed E-state index contributed by atoms with van der Waals surface area (Å²) < 4.78 is 0. The second-order valence-electron chi connectivity index (χ2n) is 3.29. The molecule has 0 amide bonds. The highest BCUT2D eigenvalue weighted by Crippen LogP contribution is 2.21. The lowest BCUT2D eigenvalue weighted by atomic mass is 10.1. The van der Waals surface area contributed by atoms with Crippen molar-refractivity contribution in [2.75, 3.05) is 6.54 Å². The monoisotopic (exact) mass is 214 g/mol. The molecule has 1 fully saturated rings. The van der Waals surface area contributed by atoms with Gasteiger partial charge in [-0.15, -0.1) is 12.4 Å². The smallest absolute Gasteiger partial charge is 0.141 e. The lowest BCUT2D eigenvalue weighted by Crippen LogP contribution is -2.14. The van der Waals surface area contributed by atoms with Gasteiger partial charge in [0.15, 0.2) is 0 Å². The Morgan fingerprint density at radius 3 is 2.64 bits per heavy atom. The summed E-state index contributed by atoms with van der Waals surface area (Å²) in [4.78, 5) is 8.33. The maximum Gasteiger partial charge on any atom is 0.141 e. The predicted molar refractivity (Wildman–Crippen MR) is 57.1 cm³/mol. The van der Waals surface area contributed by atoms with Crippen LogP contribution in [0.25, 0.3) is 0 Å². The fourth-order valence-electron chi connectivity index (χ4n) is 1.62. The van der Waals surface area contributed by atoms with Crippen molar-refractivity contribution >= 4 is 12.4 Å². The molecule has 78 valence electrons. The van der Waals surface area contributed by atoms with Gasteiger partial charge in [-0.2, -0.15) is 0 Å². The van der Waals surface area contributed by atoms with Crippen LogP contribution in [0, 0.1) is 0 Å². The number of aromatic nitrogens is 2. The summed E-state index contributed by atoms with van der Waals surface area (Å²) in [6.07, 6.45) is 6.17. The van der Waals surface area contributed by atoms with Gasteiger partial charge in [-0.3, -0.25) is 0 Å². The molecule has 1 aromatic heterocycles. The summed E-state index contributed by atoms with van der Waals surface area (Å²) in [5.74, 6) is 0.710. The van der Waals surface area contributed by atoms with Crippen molar-refractivity contribution in [2.45, 2.75) is 25.4 Å². The molecule has 1 aliphatic rings. The second kappa shape index (κ2) is 5.24. The highest BCUT2D eigenvalue weighted by molar-refractivity contribution is 5.85. The van der Waals surface area contributed by atoms with Crippen LogP contribution in [0.1, 0.15) is 30.3 Å². The van der Waals surface area contributed by atoms with Crippen molar-refractivity contribution in [3.05, 3.63) is 23.8 Å². The minimum Gasteiger partial charge on any atom is -0.324 e. The second-order valence-corrected chi connectivity index (χ2v) is 3.29. The van der Waals surface area contributed by atoms with E-state index in [1.165, 1.54) is 18.4 Å². The quantitative estimate of drug-likeness (QED) is 0.764. The summed E-state index contributed by atoms with van der Waals surface area (Å²) in [5, 5.41) is 3.40. The topological polar surface area (TPSA) is 63.8 Å². The fraction of sp³-hybridized carbons (Fsp3) is 0.556. The summed E-state index contributed by atoms with van der Waals surface area (Å²) in [6, 6.07) is 0.451. The molecule has 2 rings (SSSR count). The first-order valence-corrected chi connectivity index (χ1v) is 4.64. The average molecular weight is 215 g/mol. The van der Waals surface area contributed by atoms with Gasteiger partial charge >= 0.3 is 0 Å². The van der Waals surface area contributed by atoms with Gasteiger partial charge in [-0.1, -0.05) is 0 Å². The van der Waals surface area contributed by atoms with E-state index in [9.17, 15) is 0 Å². The third-order valence-corrected chi connectivity index (χ3v) is 2.37. The van der Waals surface area contributed by atoms with E-state index in [2.05, 4.69) is 15.3 Å². The van der Waals surface area contributed by atoms with Crippen molar-refractivity contribution in [3.8, 4) is 0 Å². The van der Waals surface area contributed by atoms with E-state index in [-0.39, 0.29) is 12.4 Å². The zero-order valence-corrected chi connectivity index (χ0v) is 8.76. The van der Waals surface area contributed by atoms with Gasteiger partial charge in [0.05, 0.1) is 6.54 Å². The molecule has 1 unspecified atom stereocenters. The Bertz CT molecular complexity index is 269. The Hall–Kier alpha value is -0.710. The molecule has 0 bridgehead atoms. The number of halogens is 1. The molecule has 1 aliphatic heterocycles. The standard InChI is InChI=1S/C9H14N4.ClH/c10-4-9-12-5-7(6-13-9)8-2-1-3-11-8;/h5-6,8,11H,1-4,10H2;1H. The number of nitrogens with one attached hydrogen (secondary N) is 1. The van der Waals surface area contributed by atoms with Gasteiger partial charge in [0, 0.05) is 24.0 Å². The molecule has 0 aromatic carbocycles. The van der Waals surface area contributed by atoms with E-state index in [0.29, 0.717) is 18.4 Å². The van der Waals surface area contributed by atoms with Crippen LogP contribution in [0.5, 0.6) is 0 Å². The zero-order valence-electron chi connectivity index (χ0n) is 7.94. The Morgan fingerprint density at radius 2 is 2.14 bits per heavy atom. The molecule has 0 saturated carbocycles. The van der Waals surface area contributed by atoms with Crippen LogP contribution < -0.4 is 11.1 Å². The van der Waals surface area contributed by atoms with Crippen molar-refractivity contribution in [1.82, 2.24) is 15.3 Å². The van der Waals surface area contributed by atoms with Gasteiger partial charge in [-0.05, 0) is 19.4 Å². The first-order valence-electron chi connectivity index (χ1n) is 4.64. The van der Waals surface area contributed by atoms with Crippen LogP contribution in [0.15, 0.2) is 12.4 Å². The van der Waals surface area contributed by atoms with E-state index >= 15 is 0 Å². The van der Waals surface area contributed by atoms with Gasteiger partial charge in [0.2, 0.25) is 0 Å². The van der Waals surface area contributed by atoms with Crippen LogP contribution in [0.3, 0.4) is 0 Å². The summed E-state index contributed by atoms with van der Waals surface area (Å²) in [6.45, 7) is 1.52. The molecule has 1 saturated heterocycles. The Balaban J connectivity index is 0.000000980. The third kappa shape index (κ3) is 2.41. The highest BCUT2D eigenvalue weighted by atomic mass is 35.5. The predicted octanol–water partition coefficient (Wildman–Crippen LogP) is 0.782. The lowest BCUT2D eigenvalue weighted by molar-refractivity contribution is 0.639. The molecular formula is C9H15ClN4. The average Bonchev–Trinajstić information content (AvgIpc) is 2.71. The van der Waals surface area contributed by atoms with Gasteiger partial charge in [-0.25, -0.2) is 9.97 Å². The van der Waals surface area contributed by atoms with E-state index < -0.39 is 0 Å². The van der Waals surface area contributed by atoms with Crippen LogP contribution in [0.2, 0.25) is 0 Å². The molecule has 0 aliphatic carbocycles. The maximum atomic E-state index is 5.41. The molecule has 5 heteroatoms. The Kier molecular flexibility index (Phi) is 4.25. The first kappa shape index (κ1) is 11.4. The summed E-state index contributed by atoms with van der Waals surface area (Å²) in [5.41, 5.74) is 6.59.